The fourth-order valence-corrected chi connectivity index (χ4v) is 2.24. The van der Waals surface area contributed by atoms with E-state index in [1.807, 2.05) is 0 Å². The average Bonchev–Trinajstić information content (AvgIpc) is 2.40. The van der Waals surface area contributed by atoms with Crippen molar-refractivity contribution >= 4 is 11.6 Å². The van der Waals surface area contributed by atoms with Crippen molar-refractivity contribution in [3.63, 3.8) is 0 Å². The summed E-state index contributed by atoms with van der Waals surface area (Å²) in [5.74, 6) is -1.33. The van der Waals surface area contributed by atoms with Crippen LogP contribution in [0.25, 0.3) is 0 Å². The molecule has 112 valence electrons. The van der Waals surface area contributed by atoms with Gasteiger partial charge in [-0.15, -0.1) is 0 Å². The van der Waals surface area contributed by atoms with Crippen molar-refractivity contribution in [1.29, 1.82) is 0 Å². The van der Waals surface area contributed by atoms with Crippen molar-refractivity contribution in [2.75, 3.05) is 7.05 Å². The highest BCUT2D eigenvalue weighted by Crippen LogP contribution is 2.34. The quantitative estimate of drug-likeness (QED) is 0.858. The Bertz CT molecular complexity index is 643. The minimum Gasteiger partial charge on any atom is -0.308 e. The van der Waals surface area contributed by atoms with Gasteiger partial charge in [-0.3, -0.25) is 4.98 Å². The fraction of sp³-hybridized carbons (Fsp3) is 0.214. The van der Waals surface area contributed by atoms with Gasteiger partial charge in [-0.2, -0.15) is 13.2 Å². The molecule has 1 heterocycles. The van der Waals surface area contributed by atoms with Gasteiger partial charge in [-0.1, -0.05) is 17.7 Å². The Hall–Kier alpha value is -1.66. The molecule has 0 aliphatic rings. The van der Waals surface area contributed by atoms with E-state index in [9.17, 15) is 17.6 Å². The minimum absolute atomic E-state index is 0.309. The van der Waals surface area contributed by atoms with E-state index in [4.69, 9.17) is 11.6 Å². The molecule has 1 aromatic carbocycles. The van der Waals surface area contributed by atoms with Crippen LogP contribution in [0.15, 0.2) is 36.5 Å². The predicted molar refractivity (Wildman–Crippen MR) is 71.6 cm³/mol. The zero-order valence-electron chi connectivity index (χ0n) is 10.9. The number of benzene rings is 1. The summed E-state index contributed by atoms with van der Waals surface area (Å²) in [5.41, 5.74) is -0.572. The van der Waals surface area contributed by atoms with Crippen LogP contribution in [-0.2, 0) is 6.18 Å². The molecule has 0 saturated carbocycles. The van der Waals surface area contributed by atoms with Gasteiger partial charge in [0.05, 0.1) is 22.3 Å². The Kier molecular flexibility index (Phi) is 4.49. The van der Waals surface area contributed by atoms with Gasteiger partial charge in [0.1, 0.15) is 5.82 Å². The van der Waals surface area contributed by atoms with Gasteiger partial charge in [0.2, 0.25) is 0 Å². The topological polar surface area (TPSA) is 24.9 Å². The van der Waals surface area contributed by atoms with Crippen LogP contribution in [0.4, 0.5) is 17.6 Å². The van der Waals surface area contributed by atoms with Crippen LogP contribution >= 0.6 is 11.6 Å². The number of halogens is 5. The molecule has 0 aliphatic heterocycles. The number of pyridine rings is 1. The number of alkyl halides is 3. The normalized spacial score (nSPS) is 13.2. The second-order valence-corrected chi connectivity index (χ2v) is 4.74. The van der Waals surface area contributed by atoms with Gasteiger partial charge >= 0.3 is 6.18 Å². The van der Waals surface area contributed by atoms with Crippen LogP contribution in [0.3, 0.4) is 0 Å². The van der Waals surface area contributed by atoms with Crippen LogP contribution < -0.4 is 5.32 Å². The zero-order valence-corrected chi connectivity index (χ0v) is 11.6. The SMILES string of the molecule is CNC(c1ccc(C(F)(F)F)c(F)c1)c1ncccc1Cl. The molecule has 0 radical (unpaired) electrons. The maximum atomic E-state index is 13.7. The Balaban J connectivity index is 2.45. The van der Waals surface area contributed by atoms with Gasteiger partial charge in [0.15, 0.2) is 0 Å². The van der Waals surface area contributed by atoms with Crippen molar-refractivity contribution in [3.05, 3.63) is 64.2 Å². The fourth-order valence-electron chi connectivity index (χ4n) is 2.01. The summed E-state index contributed by atoms with van der Waals surface area (Å²) in [6, 6.07) is 5.40. The summed E-state index contributed by atoms with van der Waals surface area (Å²) in [7, 11) is 1.59. The Morgan fingerprint density at radius 3 is 2.48 bits per heavy atom. The van der Waals surface area contributed by atoms with Gasteiger partial charge in [-0.05, 0) is 36.9 Å². The lowest BCUT2D eigenvalue weighted by Gasteiger charge is -2.18. The van der Waals surface area contributed by atoms with E-state index in [0.29, 0.717) is 22.3 Å². The van der Waals surface area contributed by atoms with Crippen LogP contribution in [0, 0.1) is 5.82 Å². The Morgan fingerprint density at radius 1 is 1.24 bits per heavy atom. The largest absolute Gasteiger partial charge is 0.419 e. The van der Waals surface area contributed by atoms with E-state index in [1.165, 1.54) is 12.3 Å². The summed E-state index contributed by atoms with van der Waals surface area (Å²) in [4.78, 5) is 4.09. The third kappa shape index (κ3) is 3.33. The summed E-state index contributed by atoms with van der Waals surface area (Å²) in [5, 5.41) is 3.21. The second kappa shape index (κ2) is 5.99. The van der Waals surface area contributed by atoms with Gasteiger partial charge < -0.3 is 5.32 Å². The van der Waals surface area contributed by atoms with E-state index in [-0.39, 0.29) is 0 Å². The lowest BCUT2D eigenvalue weighted by Crippen LogP contribution is -2.20. The Labute approximate surface area is 123 Å². The van der Waals surface area contributed by atoms with E-state index in [1.54, 1.807) is 19.2 Å². The highest BCUT2D eigenvalue weighted by atomic mass is 35.5. The number of nitrogens with zero attached hydrogens (tertiary/aromatic N) is 1. The van der Waals surface area contributed by atoms with Crippen molar-refractivity contribution in [2.45, 2.75) is 12.2 Å². The highest BCUT2D eigenvalue weighted by Gasteiger charge is 2.34. The van der Waals surface area contributed by atoms with Crippen LogP contribution in [0.2, 0.25) is 5.02 Å². The maximum Gasteiger partial charge on any atom is 0.419 e. The molecule has 2 rings (SSSR count). The molecular weight excluding hydrogens is 308 g/mol. The molecule has 0 amide bonds. The first-order valence-electron chi connectivity index (χ1n) is 5.99. The standard InChI is InChI=1S/C14H11ClF4N2/c1-20-12(13-10(15)3-2-6-21-13)8-4-5-9(11(16)7-8)14(17,18)19/h2-7,12,20H,1H3. The maximum absolute atomic E-state index is 13.7. The molecule has 21 heavy (non-hydrogen) atoms. The number of nitrogens with one attached hydrogen (secondary N) is 1. The van der Waals surface area contributed by atoms with E-state index < -0.39 is 23.6 Å². The van der Waals surface area contributed by atoms with E-state index in [2.05, 4.69) is 10.3 Å². The molecule has 0 bridgehead atoms. The first-order chi connectivity index (χ1) is 9.84. The predicted octanol–water partition coefficient (Wildman–Crippen LogP) is 4.20. The molecule has 1 unspecified atom stereocenters. The first-order valence-corrected chi connectivity index (χ1v) is 6.36. The van der Waals surface area contributed by atoms with E-state index in [0.717, 1.165) is 6.07 Å². The number of rotatable bonds is 3. The lowest BCUT2D eigenvalue weighted by molar-refractivity contribution is -0.140. The Morgan fingerprint density at radius 2 is 1.95 bits per heavy atom. The number of aromatic nitrogens is 1. The van der Waals surface area contributed by atoms with E-state index >= 15 is 0 Å². The molecule has 0 saturated heterocycles. The van der Waals surface area contributed by atoms with Crippen molar-refractivity contribution in [2.24, 2.45) is 0 Å². The van der Waals surface area contributed by atoms with Crippen LogP contribution in [0.1, 0.15) is 22.9 Å². The highest BCUT2D eigenvalue weighted by molar-refractivity contribution is 6.31. The number of hydrogen-bond acceptors (Lipinski definition) is 2. The molecule has 0 fully saturated rings. The molecule has 2 aromatic rings. The molecule has 2 nitrogen and oxygen atoms in total. The molecule has 0 aliphatic carbocycles. The average molecular weight is 319 g/mol. The third-order valence-corrected chi connectivity index (χ3v) is 3.30. The third-order valence-electron chi connectivity index (χ3n) is 2.98. The molecule has 7 heteroatoms. The van der Waals surface area contributed by atoms with Crippen molar-refractivity contribution < 1.29 is 17.6 Å². The number of hydrogen-bond donors (Lipinski definition) is 1. The van der Waals surface area contributed by atoms with Gasteiger partial charge in [0.25, 0.3) is 0 Å². The van der Waals surface area contributed by atoms with Crippen molar-refractivity contribution in [3.8, 4) is 0 Å². The molecule has 1 aromatic heterocycles. The molecule has 1 N–H and O–H groups in total. The minimum atomic E-state index is -4.72. The second-order valence-electron chi connectivity index (χ2n) is 4.33. The molecule has 0 spiro atoms. The summed E-state index contributed by atoms with van der Waals surface area (Å²) >= 11 is 6.02. The summed E-state index contributed by atoms with van der Waals surface area (Å²) in [6.07, 6.45) is -3.22. The van der Waals surface area contributed by atoms with Gasteiger partial charge in [0, 0.05) is 6.20 Å². The van der Waals surface area contributed by atoms with Crippen LogP contribution in [-0.4, -0.2) is 12.0 Å². The van der Waals surface area contributed by atoms with Crippen LogP contribution in [0.5, 0.6) is 0 Å². The molecular formula is C14H11ClF4N2. The van der Waals surface area contributed by atoms with Gasteiger partial charge in [-0.25, -0.2) is 4.39 Å². The summed E-state index contributed by atoms with van der Waals surface area (Å²) in [6.45, 7) is 0. The lowest BCUT2D eigenvalue weighted by atomic mass is 10.0. The molecule has 1 atom stereocenters. The first kappa shape index (κ1) is 15.7. The monoisotopic (exact) mass is 318 g/mol. The summed E-state index contributed by atoms with van der Waals surface area (Å²) < 4.78 is 51.3. The van der Waals surface area contributed by atoms with Crippen molar-refractivity contribution in [1.82, 2.24) is 10.3 Å². The zero-order chi connectivity index (χ0) is 15.6. The smallest absolute Gasteiger partial charge is 0.308 e.